The summed E-state index contributed by atoms with van der Waals surface area (Å²) in [6.45, 7) is 7.44. The molecular weight excluding hydrogens is 402 g/mol. The zero-order chi connectivity index (χ0) is 22.3. The van der Waals surface area contributed by atoms with E-state index in [1.807, 2.05) is 18.4 Å². The summed E-state index contributed by atoms with van der Waals surface area (Å²) >= 11 is 0. The minimum Gasteiger partial charge on any atom is -0.326 e. The maximum Gasteiger partial charge on any atom is 0.229 e. The van der Waals surface area contributed by atoms with E-state index in [1.54, 1.807) is 32.0 Å². The Labute approximate surface area is 177 Å². The third-order valence-corrected chi connectivity index (χ3v) is 4.95. The van der Waals surface area contributed by atoms with E-state index in [-0.39, 0.29) is 28.8 Å². The molecule has 0 atom stereocenters. The zero-order valence-electron chi connectivity index (χ0n) is 17.4. The molecule has 31 heavy (non-hydrogen) atoms. The molecule has 1 aromatic carbocycles. The third-order valence-electron chi connectivity index (χ3n) is 4.95. The first-order valence-corrected chi connectivity index (χ1v) is 9.69. The van der Waals surface area contributed by atoms with Gasteiger partial charge in [0.1, 0.15) is 22.9 Å². The number of aldehydes is 1. The monoisotopic (exact) mass is 422 g/mol. The summed E-state index contributed by atoms with van der Waals surface area (Å²) in [6, 6.07) is 6.15. The number of aromatic nitrogens is 5. The fraction of sp³-hybridized carbons (Fsp3) is 0.227. The number of hydrogen-bond donors (Lipinski definition) is 1. The van der Waals surface area contributed by atoms with Crippen LogP contribution in [-0.4, -0.2) is 30.8 Å². The van der Waals surface area contributed by atoms with Gasteiger partial charge in [-0.1, -0.05) is 0 Å². The molecule has 4 aromatic rings. The molecule has 3 aromatic heterocycles. The van der Waals surface area contributed by atoms with E-state index >= 15 is 0 Å². The van der Waals surface area contributed by atoms with Gasteiger partial charge in [-0.05, 0) is 52.0 Å². The lowest BCUT2D eigenvalue weighted by atomic mass is 10.1. The highest BCUT2D eigenvalue weighted by atomic mass is 19.1. The van der Waals surface area contributed by atoms with Crippen LogP contribution in [0.4, 0.5) is 20.5 Å². The van der Waals surface area contributed by atoms with Crippen LogP contribution in [0.15, 0.2) is 30.5 Å². The number of anilines is 2. The van der Waals surface area contributed by atoms with Gasteiger partial charge in [0, 0.05) is 17.2 Å². The van der Waals surface area contributed by atoms with Crippen LogP contribution in [0.2, 0.25) is 0 Å². The molecule has 4 rings (SSSR count). The van der Waals surface area contributed by atoms with Crippen molar-refractivity contribution < 1.29 is 13.6 Å². The summed E-state index contributed by atoms with van der Waals surface area (Å²) in [4.78, 5) is 27.7. The number of carbonyl (C=O) groups is 1. The Balaban J connectivity index is 1.78. The molecule has 0 fully saturated rings. The van der Waals surface area contributed by atoms with Gasteiger partial charge in [0.05, 0.1) is 17.4 Å². The van der Waals surface area contributed by atoms with E-state index in [9.17, 15) is 13.6 Å². The van der Waals surface area contributed by atoms with Crippen LogP contribution in [-0.2, 0) is 0 Å². The normalized spacial score (nSPS) is 11.3. The number of nitrogens with one attached hydrogen (secondary N) is 1. The molecule has 0 radical (unpaired) electrons. The minimum atomic E-state index is -0.683. The first-order chi connectivity index (χ1) is 14.8. The molecule has 0 amide bonds. The SMILES string of the molecule is Cc1nc(Nc2ncc(F)c(-c3cc(F)c4nc(C)n(C(C)C)c4c3)n2)ccc1C=O. The van der Waals surface area contributed by atoms with E-state index in [1.165, 1.54) is 6.07 Å². The van der Waals surface area contributed by atoms with Gasteiger partial charge in [0.2, 0.25) is 5.95 Å². The average molecular weight is 422 g/mol. The van der Waals surface area contributed by atoms with Crippen LogP contribution in [0.5, 0.6) is 0 Å². The molecular formula is C22H20F2N6O. The number of fused-ring (bicyclic) bond motifs is 1. The van der Waals surface area contributed by atoms with Gasteiger partial charge < -0.3 is 9.88 Å². The number of nitrogens with zero attached hydrogens (tertiary/aromatic N) is 5. The van der Waals surface area contributed by atoms with Gasteiger partial charge in [0.25, 0.3) is 0 Å². The average Bonchev–Trinajstić information content (AvgIpc) is 3.06. The summed E-state index contributed by atoms with van der Waals surface area (Å²) < 4.78 is 31.3. The van der Waals surface area contributed by atoms with Crippen molar-refractivity contribution in [1.29, 1.82) is 0 Å². The highest BCUT2D eigenvalue weighted by Crippen LogP contribution is 2.30. The van der Waals surface area contributed by atoms with Crippen molar-refractivity contribution in [2.75, 3.05) is 5.32 Å². The highest BCUT2D eigenvalue weighted by molar-refractivity contribution is 5.83. The second kappa shape index (κ2) is 7.82. The molecule has 0 saturated carbocycles. The molecule has 0 unspecified atom stereocenters. The summed E-state index contributed by atoms with van der Waals surface area (Å²) in [6.07, 6.45) is 1.73. The molecule has 3 heterocycles. The van der Waals surface area contributed by atoms with Gasteiger partial charge in [-0.2, -0.15) is 0 Å². The third kappa shape index (κ3) is 3.74. The Kier molecular flexibility index (Phi) is 5.18. The van der Waals surface area contributed by atoms with Crippen molar-refractivity contribution in [2.24, 2.45) is 0 Å². The maximum absolute atomic E-state index is 14.8. The molecule has 0 aliphatic carbocycles. The Morgan fingerprint density at radius 3 is 2.52 bits per heavy atom. The van der Waals surface area contributed by atoms with Gasteiger partial charge in [-0.3, -0.25) is 4.79 Å². The number of carbonyl (C=O) groups excluding carboxylic acids is 1. The Hall–Kier alpha value is -3.75. The number of halogens is 2. The number of aryl methyl sites for hydroxylation is 2. The van der Waals surface area contributed by atoms with Crippen LogP contribution in [0.25, 0.3) is 22.3 Å². The molecule has 0 spiro atoms. The summed E-state index contributed by atoms with van der Waals surface area (Å²) in [5, 5.41) is 2.89. The van der Waals surface area contributed by atoms with Crippen molar-refractivity contribution in [3.63, 3.8) is 0 Å². The van der Waals surface area contributed by atoms with Crippen molar-refractivity contribution in [3.8, 4) is 11.3 Å². The van der Waals surface area contributed by atoms with Crippen molar-refractivity contribution >= 4 is 29.1 Å². The smallest absolute Gasteiger partial charge is 0.229 e. The first-order valence-electron chi connectivity index (χ1n) is 9.69. The predicted molar refractivity (Wildman–Crippen MR) is 113 cm³/mol. The van der Waals surface area contributed by atoms with Gasteiger partial charge in [-0.15, -0.1) is 0 Å². The second-order valence-electron chi connectivity index (χ2n) is 7.45. The lowest BCUT2D eigenvalue weighted by Gasteiger charge is -2.12. The Morgan fingerprint density at radius 1 is 1.06 bits per heavy atom. The Morgan fingerprint density at radius 2 is 1.84 bits per heavy atom. The molecule has 158 valence electrons. The first kappa shape index (κ1) is 20.5. The maximum atomic E-state index is 14.8. The van der Waals surface area contributed by atoms with Crippen LogP contribution in [0, 0.1) is 25.5 Å². The standard InChI is InChI=1S/C22H20F2N6O/c1-11(2)30-13(4)27-21-16(23)7-15(8-18(21)30)20-17(24)9-25-22(29-20)28-19-6-5-14(10-31)12(3)26-19/h5-11H,1-4H3,(H,25,26,28,29). The van der Waals surface area contributed by atoms with Crippen molar-refractivity contribution in [3.05, 3.63) is 59.2 Å². The highest BCUT2D eigenvalue weighted by Gasteiger charge is 2.18. The van der Waals surface area contributed by atoms with E-state index in [0.29, 0.717) is 34.7 Å². The zero-order valence-corrected chi connectivity index (χ0v) is 17.4. The largest absolute Gasteiger partial charge is 0.326 e. The van der Waals surface area contributed by atoms with Crippen molar-refractivity contribution in [1.82, 2.24) is 24.5 Å². The summed E-state index contributed by atoms with van der Waals surface area (Å²) in [7, 11) is 0. The molecule has 0 saturated heterocycles. The van der Waals surface area contributed by atoms with E-state index in [2.05, 4.69) is 25.3 Å². The molecule has 7 nitrogen and oxygen atoms in total. The fourth-order valence-electron chi connectivity index (χ4n) is 3.57. The minimum absolute atomic E-state index is 0.0475. The van der Waals surface area contributed by atoms with E-state index < -0.39 is 11.6 Å². The molecule has 0 bridgehead atoms. The van der Waals surface area contributed by atoms with Gasteiger partial charge in [0.15, 0.2) is 17.9 Å². The van der Waals surface area contributed by atoms with Crippen LogP contribution in [0.3, 0.4) is 0 Å². The summed E-state index contributed by atoms with van der Waals surface area (Å²) in [5.41, 5.74) is 2.03. The molecule has 9 heteroatoms. The van der Waals surface area contributed by atoms with Crippen molar-refractivity contribution in [2.45, 2.75) is 33.7 Å². The number of benzene rings is 1. The van der Waals surface area contributed by atoms with E-state index in [4.69, 9.17) is 0 Å². The number of pyridine rings is 1. The second-order valence-corrected chi connectivity index (χ2v) is 7.45. The van der Waals surface area contributed by atoms with Crippen LogP contribution < -0.4 is 5.32 Å². The molecule has 1 N–H and O–H groups in total. The number of imidazole rings is 1. The molecule has 0 aliphatic heterocycles. The topological polar surface area (TPSA) is 85.6 Å². The summed E-state index contributed by atoms with van der Waals surface area (Å²) in [5.74, 6) is -0.0693. The fourth-order valence-corrected chi connectivity index (χ4v) is 3.57. The van der Waals surface area contributed by atoms with Crippen LogP contribution >= 0.6 is 0 Å². The van der Waals surface area contributed by atoms with E-state index in [0.717, 1.165) is 6.20 Å². The lowest BCUT2D eigenvalue weighted by Crippen LogP contribution is -2.04. The number of rotatable bonds is 5. The van der Waals surface area contributed by atoms with Gasteiger partial charge in [-0.25, -0.2) is 28.7 Å². The predicted octanol–water partition coefficient (Wildman–Crippen LogP) is 4.92. The molecule has 0 aliphatic rings. The lowest BCUT2D eigenvalue weighted by molar-refractivity contribution is 0.112. The van der Waals surface area contributed by atoms with Crippen LogP contribution in [0.1, 0.15) is 41.8 Å². The quantitative estimate of drug-likeness (QED) is 0.460. The Bertz CT molecular complexity index is 1320. The van der Waals surface area contributed by atoms with Gasteiger partial charge >= 0.3 is 0 Å². The number of hydrogen-bond acceptors (Lipinski definition) is 6.